The van der Waals surface area contributed by atoms with E-state index in [0.29, 0.717) is 32.3 Å². The van der Waals surface area contributed by atoms with Gasteiger partial charge in [0.05, 0.1) is 31.4 Å². The molecule has 2 heterocycles. The molecule has 1 atom stereocenters. The van der Waals surface area contributed by atoms with Crippen molar-refractivity contribution in [3.63, 3.8) is 0 Å². The molecule has 1 aromatic carbocycles. The van der Waals surface area contributed by atoms with Gasteiger partial charge in [-0.1, -0.05) is 12.1 Å². The third-order valence-corrected chi connectivity index (χ3v) is 3.21. The molecule has 0 aliphatic carbocycles. The zero-order valence-corrected chi connectivity index (χ0v) is 11.4. The molecule has 0 radical (unpaired) electrons. The molecule has 3 rings (SSSR count). The standard InChI is InChI=1S/C14H18N4O2/c1-15-14-17-12-5-3-2-4-11(12)13(18-14)16-8-10-9-19-6-7-20-10/h2-5,10H,6-9H2,1H3,(H2,15,16,17,18). The van der Waals surface area contributed by atoms with Gasteiger partial charge in [-0.3, -0.25) is 0 Å². The second-order valence-electron chi connectivity index (χ2n) is 4.61. The van der Waals surface area contributed by atoms with E-state index in [4.69, 9.17) is 9.47 Å². The highest BCUT2D eigenvalue weighted by Crippen LogP contribution is 2.21. The number of para-hydroxylation sites is 1. The van der Waals surface area contributed by atoms with E-state index in [-0.39, 0.29) is 6.10 Å². The Balaban J connectivity index is 1.81. The molecule has 106 valence electrons. The molecule has 2 aromatic rings. The Morgan fingerprint density at radius 1 is 1.25 bits per heavy atom. The molecule has 1 aliphatic heterocycles. The number of rotatable bonds is 4. The predicted molar refractivity (Wildman–Crippen MR) is 78.1 cm³/mol. The summed E-state index contributed by atoms with van der Waals surface area (Å²) in [4.78, 5) is 8.91. The lowest BCUT2D eigenvalue weighted by atomic mass is 10.2. The number of anilines is 2. The molecule has 0 spiro atoms. The normalized spacial score (nSPS) is 18.9. The number of aromatic nitrogens is 2. The second-order valence-corrected chi connectivity index (χ2v) is 4.61. The van der Waals surface area contributed by atoms with Crippen LogP contribution in [-0.4, -0.2) is 49.5 Å². The van der Waals surface area contributed by atoms with Gasteiger partial charge < -0.3 is 20.1 Å². The Labute approximate surface area is 117 Å². The first-order chi connectivity index (χ1) is 9.86. The first kappa shape index (κ1) is 13.1. The van der Waals surface area contributed by atoms with Gasteiger partial charge >= 0.3 is 0 Å². The van der Waals surface area contributed by atoms with Crippen molar-refractivity contribution in [2.24, 2.45) is 0 Å². The zero-order valence-electron chi connectivity index (χ0n) is 11.4. The van der Waals surface area contributed by atoms with Crippen LogP contribution in [0.5, 0.6) is 0 Å². The summed E-state index contributed by atoms with van der Waals surface area (Å²) in [7, 11) is 1.81. The molecule has 6 heteroatoms. The molecule has 1 aliphatic rings. The van der Waals surface area contributed by atoms with Gasteiger partial charge in [0.25, 0.3) is 0 Å². The molecule has 2 N–H and O–H groups in total. The van der Waals surface area contributed by atoms with Crippen molar-refractivity contribution < 1.29 is 9.47 Å². The Morgan fingerprint density at radius 2 is 2.15 bits per heavy atom. The monoisotopic (exact) mass is 274 g/mol. The van der Waals surface area contributed by atoms with Crippen molar-refractivity contribution in [3.8, 4) is 0 Å². The maximum atomic E-state index is 5.62. The largest absolute Gasteiger partial charge is 0.376 e. The topological polar surface area (TPSA) is 68.3 Å². The van der Waals surface area contributed by atoms with E-state index in [1.165, 1.54) is 0 Å². The highest BCUT2D eigenvalue weighted by atomic mass is 16.6. The summed E-state index contributed by atoms with van der Waals surface area (Å²) in [5.41, 5.74) is 0.912. The number of ether oxygens (including phenoxy) is 2. The lowest BCUT2D eigenvalue weighted by Gasteiger charge is -2.23. The van der Waals surface area contributed by atoms with Crippen molar-refractivity contribution >= 4 is 22.7 Å². The first-order valence-corrected chi connectivity index (χ1v) is 6.74. The molecule has 1 unspecified atom stereocenters. The predicted octanol–water partition coefficient (Wildman–Crippen LogP) is 1.50. The molecular formula is C14H18N4O2. The molecule has 0 saturated carbocycles. The lowest BCUT2D eigenvalue weighted by molar-refractivity contribution is -0.0819. The summed E-state index contributed by atoms with van der Waals surface area (Å²) >= 11 is 0. The van der Waals surface area contributed by atoms with Crippen LogP contribution >= 0.6 is 0 Å². The summed E-state index contributed by atoms with van der Waals surface area (Å²) < 4.78 is 11.0. The molecule has 1 aromatic heterocycles. The van der Waals surface area contributed by atoms with Gasteiger partial charge in [0.1, 0.15) is 5.82 Å². The number of hydrogen-bond acceptors (Lipinski definition) is 6. The molecule has 20 heavy (non-hydrogen) atoms. The number of nitrogens with one attached hydrogen (secondary N) is 2. The fourth-order valence-electron chi connectivity index (χ4n) is 2.19. The molecule has 0 bridgehead atoms. The van der Waals surface area contributed by atoms with E-state index in [2.05, 4.69) is 20.6 Å². The van der Waals surface area contributed by atoms with E-state index < -0.39 is 0 Å². The van der Waals surface area contributed by atoms with E-state index >= 15 is 0 Å². The van der Waals surface area contributed by atoms with Crippen LogP contribution in [0.4, 0.5) is 11.8 Å². The fraction of sp³-hybridized carbons (Fsp3) is 0.429. The maximum Gasteiger partial charge on any atom is 0.224 e. The minimum Gasteiger partial charge on any atom is -0.376 e. The smallest absolute Gasteiger partial charge is 0.224 e. The van der Waals surface area contributed by atoms with Crippen molar-refractivity contribution in [1.82, 2.24) is 9.97 Å². The third kappa shape index (κ3) is 2.81. The Bertz CT molecular complexity index is 584. The van der Waals surface area contributed by atoms with Crippen LogP contribution in [-0.2, 0) is 9.47 Å². The highest BCUT2D eigenvalue weighted by Gasteiger charge is 2.15. The quantitative estimate of drug-likeness (QED) is 0.880. The number of hydrogen-bond donors (Lipinski definition) is 2. The average molecular weight is 274 g/mol. The van der Waals surface area contributed by atoms with Gasteiger partial charge in [0.2, 0.25) is 5.95 Å². The van der Waals surface area contributed by atoms with Gasteiger partial charge in [-0.15, -0.1) is 0 Å². The van der Waals surface area contributed by atoms with Crippen molar-refractivity contribution in [2.45, 2.75) is 6.10 Å². The second kappa shape index (κ2) is 6.02. The summed E-state index contributed by atoms with van der Waals surface area (Å²) in [5.74, 6) is 1.42. The molecule has 0 amide bonds. The molecule has 1 fully saturated rings. The number of nitrogens with zero attached hydrogens (tertiary/aromatic N) is 2. The van der Waals surface area contributed by atoms with Crippen molar-refractivity contribution in [2.75, 3.05) is 44.0 Å². The molecular weight excluding hydrogens is 256 g/mol. The Kier molecular flexibility index (Phi) is 3.94. The van der Waals surface area contributed by atoms with Gasteiger partial charge in [0, 0.05) is 19.0 Å². The summed E-state index contributed by atoms with van der Waals surface area (Å²) in [6.07, 6.45) is 0.0653. The van der Waals surface area contributed by atoms with Gasteiger partial charge in [-0.25, -0.2) is 4.98 Å². The zero-order chi connectivity index (χ0) is 13.8. The average Bonchev–Trinajstić information content (AvgIpc) is 2.53. The van der Waals surface area contributed by atoms with Crippen LogP contribution in [0.15, 0.2) is 24.3 Å². The summed E-state index contributed by atoms with van der Waals surface area (Å²) in [6.45, 7) is 2.62. The van der Waals surface area contributed by atoms with E-state index in [1.807, 2.05) is 31.3 Å². The Morgan fingerprint density at radius 3 is 2.95 bits per heavy atom. The van der Waals surface area contributed by atoms with Gasteiger partial charge in [-0.05, 0) is 12.1 Å². The SMILES string of the molecule is CNc1nc(NCC2COCCO2)c2ccccc2n1. The van der Waals surface area contributed by atoms with Crippen LogP contribution < -0.4 is 10.6 Å². The van der Waals surface area contributed by atoms with E-state index in [1.54, 1.807) is 0 Å². The van der Waals surface area contributed by atoms with Crippen molar-refractivity contribution in [1.29, 1.82) is 0 Å². The fourth-order valence-corrected chi connectivity index (χ4v) is 2.19. The lowest BCUT2D eigenvalue weighted by Crippen LogP contribution is -2.34. The van der Waals surface area contributed by atoms with Crippen LogP contribution in [0.1, 0.15) is 0 Å². The molecule has 1 saturated heterocycles. The maximum absolute atomic E-state index is 5.62. The van der Waals surface area contributed by atoms with Crippen LogP contribution in [0.2, 0.25) is 0 Å². The van der Waals surface area contributed by atoms with Crippen LogP contribution in [0, 0.1) is 0 Å². The third-order valence-electron chi connectivity index (χ3n) is 3.21. The van der Waals surface area contributed by atoms with E-state index in [0.717, 1.165) is 16.7 Å². The number of fused-ring (bicyclic) bond motifs is 1. The summed E-state index contributed by atoms with van der Waals surface area (Å²) in [5, 5.41) is 7.32. The van der Waals surface area contributed by atoms with Crippen molar-refractivity contribution in [3.05, 3.63) is 24.3 Å². The van der Waals surface area contributed by atoms with Crippen LogP contribution in [0.3, 0.4) is 0 Å². The van der Waals surface area contributed by atoms with Crippen LogP contribution in [0.25, 0.3) is 10.9 Å². The number of benzene rings is 1. The molecule has 6 nitrogen and oxygen atoms in total. The van der Waals surface area contributed by atoms with E-state index in [9.17, 15) is 0 Å². The van der Waals surface area contributed by atoms with Gasteiger partial charge in [-0.2, -0.15) is 4.98 Å². The minimum atomic E-state index is 0.0653. The summed E-state index contributed by atoms with van der Waals surface area (Å²) in [6, 6.07) is 7.94. The van der Waals surface area contributed by atoms with Gasteiger partial charge in [0.15, 0.2) is 0 Å². The highest BCUT2D eigenvalue weighted by molar-refractivity contribution is 5.89. The minimum absolute atomic E-state index is 0.0653. The Hall–Kier alpha value is -1.92. The first-order valence-electron chi connectivity index (χ1n) is 6.74.